The van der Waals surface area contributed by atoms with Gasteiger partial charge in [0.15, 0.2) is 0 Å². The third-order valence-corrected chi connectivity index (χ3v) is 14.6. The monoisotopic (exact) mass is 565 g/mol. The molecule has 8 rings (SSSR count). The first kappa shape index (κ1) is 28.3. The molecule has 0 aromatic heterocycles. The minimum Gasteiger partial charge on any atom is -0.374 e. The second-order valence-corrected chi connectivity index (χ2v) is 16.7. The lowest BCUT2D eigenvalue weighted by molar-refractivity contribution is -0.0905. The van der Waals surface area contributed by atoms with Gasteiger partial charge in [0, 0.05) is 0 Å². The largest absolute Gasteiger partial charge is 0.374 e. The summed E-state index contributed by atoms with van der Waals surface area (Å²) in [6, 6.07) is 0. The second-order valence-electron chi connectivity index (χ2n) is 16.7. The normalized spacial score (nSPS) is 48.7. The molecule has 2 saturated heterocycles. The molecule has 10 atom stereocenters. The zero-order valence-electron chi connectivity index (χ0n) is 26.3. The number of rotatable bonds is 4. The van der Waals surface area contributed by atoms with Gasteiger partial charge in [-0.1, -0.05) is 83.5 Å². The van der Waals surface area contributed by atoms with Crippen LogP contribution in [0.25, 0.3) is 0 Å². The zero-order chi connectivity index (χ0) is 27.2. The summed E-state index contributed by atoms with van der Waals surface area (Å²) >= 11 is 0. The molecule has 4 heteroatoms. The number of fused-ring (bicyclic) bond motifs is 5. The molecule has 0 aromatic carbocycles. The number of ether oxygens (including phenoxy) is 1. The Balaban J connectivity index is 1.02. The Morgan fingerprint density at radius 2 is 0.878 bits per heavy atom. The van der Waals surface area contributed by atoms with Gasteiger partial charge >= 0.3 is 0 Å². The fraction of sp³-hybridized carbons (Fsp3) is 1.00. The fourth-order valence-corrected chi connectivity index (χ4v) is 12.6. The van der Waals surface area contributed by atoms with E-state index >= 15 is 0 Å². The Labute approximate surface area is 252 Å². The van der Waals surface area contributed by atoms with Crippen molar-refractivity contribution >= 4 is 0 Å². The predicted octanol–water partition coefficient (Wildman–Crippen LogP) is 8.11. The van der Waals surface area contributed by atoms with Crippen LogP contribution in [0.4, 0.5) is 0 Å². The molecule has 6 aliphatic carbocycles. The van der Waals surface area contributed by atoms with E-state index in [0.717, 1.165) is 53.3 Å². The lowest BCUT2D eigenvalue weighted by Gasteiger charge is -2.54. The van der Waals surface area contributed by atoms with Crippen LogP contribution >= 0.6 is 0 Å². The number of hydrogen-bond donors (Lipinski definition) is 3. The Kier molecular flexibility index (Phi) is 8.76. The highest BCUT2D eigenvalue weighted by atomic mass is 16.5. The van der Waals surface area contributed by atoms with E-state index in [4.69, 9.17) is 4.74 Å². The van der Waals surface area contributed by atoms with Gasteiger partial charge in [-0.3, -0.25) is 16.0 Å². The highest BCUT2D eigenvalue weighted by Gasteiger charge is 2.57. The molecule has 0 radical (unpaired) electrons. The summed E-state index contributed by atoms with van der Waals surface area (Å²) in [5.41, 5.74) is 0. The third kappa shape index (κ3) is 5.72. The van der Waals surface area contributed by atoms with Crippen LogP contribution in [0.1, 0.15) is 148 Å². The molecule has 8 aliphatic rings. The van der Waals surface area contributed by atoms with Crippen molar-refractivity contribution in [3.63, 3.8) is 0 Å². The SMILES string of the molecule is C1CCC(C2CCC3C(C2)OC2C3CC(C3NC(C4CCCCC4)NC(C4CCCCC4)N3)C3CCCCC32)CC1. The predicted molar refractivity (Wildman–Crippen MR) is 167 cm³/mol. The van der Waals surface area contributed by atoms with Crippen molar-refractivity contribution in [2.24, 2.45) is 53.3 Å². The van der Waals surface area contributed by atoms with E-state index in [1.165, 1.54) is 148 Å². The first-order chi connectivity index (χ1) is 20.3. The van der Waals surface area contributed by atoms with Crippen LogP contribution < -0.4 is 16.0 Å². The molecule has 6 saturated carbocycles. The summed E-state index contributed by atoms with van der Waals surface area (Å²) < 4.78 is 7.27. The Hall–Kier alpha value is -0.160. The summed E-state index contributed by atoms with van der Waals surface area (Å²) in [7, 11) is 0. The summed E-state index contributed by atoms with van der Waals surface area (Å²) in [4.78, 5) is 0. The summed E-state index contributed by atoms with van der Waals surface area (Å²) in [5.74, 6) is 7.80. The van der Waals surface area contributed by atoms with Crippen molar-refractivity contribution in [1.29, 1.82) is 0 Å². The topological polar surface area (TPSA) is 45.3 Å². The molecule has 10 unspecified atom stereocenters. The van der Waals surface area contributed by atoms with Crippen molar-refractivity contribution in [2.45, 2.75) is 178 Å². The maximum absolute atomic E-state index is 7.27. The summed E-state index contributed by atoms with van der Waals surface area (Å²) in [6.07, 6.45) is 36.2. The van der Waals surface area contributed by atoms with Crippen molar-refractivity contribution in [2.75, 3.05) is 0 Å². The lowest BCUT2D eigenvalue weighted by Crippen LogP contribution is -2.73. The quantitative estimate of drug-likeness (QED) is 0.322. The van der Waals surface area contributed by atoms with Crippen molar-refractivity contribution in [1.82, 2.24) is 16.0 Å². The van der Waals surface area contributed by atoms with E-state index in [-0.39, 0.29) is 0 Å². The Morgan fingerprint density at radius 1 is 0.341 bits per heavy atom. The fourth-order valence-electron chi connectivity index (χ4n) is 12.6. The molecule has 2 heterocycles. The smallest absolute Gasteiger partial charge is 0.0641 e. The van der Waals surface area contributed by atoms with Crippen LogP contribution in [0.5, 0.6) is 0 Å². The molecule has 8 fully saturated rings. The van der Waals surface area contributed by atoms with Gasteiger partial charge in [0.05, 0.1) is 30.7 Å². The molecule has 0 aromatic rings. The van der Waals surface area contributed by atoms with E-state index in [2.05, 4.69) is 16.0 Å². The molecular weight excluding hydrogens is 502 g/mol. The second kappa shape index (κ2) is 12.7. The molecule has 0 spiro atoms. The van der Waals surface area contributed by atoms with Gasteiger partial charge in [-0.25, -0.2) is 0 Å². The van der Waals surface area contributed by atoms with Crippen LogP contribution in [-0.4, -0.2) is 30.7 Å². The van der Waals surface area contributed by atoms with Crippen LogP contribution in [-0.2, 0) is 4.74 Å². The van der Waals surface area contributed by atoms with Gasteiger partial charge in [-0.2, -0.15) is 0 Å². The van der Waals surface area contributed by atoms with Crippen LogP contribution in [0.2, 0.25) is 0 Å². The van der Waals surface area contributed by atoms with Crippen molar-refractivity contribution < 1.29 is 4.74 Å². The molecule has 0 bridgehead atoms. The highest BCUT2D eigenvalue weighted by molar-refractivity contribution is 5.07. The maximum atomic E-state index is 7.27. The molecule has 232 valence electrons. The van der Waals surface area contributed by atoms with Crippen LogP contribution in [0.15, 0.2) is 0 Å². The standard InChI is InChI=1S/C37H63N3O/c1-4-12-24(13-5-1)27-20-21-29-31-23-32(28-18-10-11-19-30(28)34(31)41-33(29)22-27)37-39-35(25-14-6-2-7-15-25)38-36(40-37)26-16-8-3-9-17-26/h24-40H,1-23H2. The van der Waals surface area contributed by atoms with Gasteiger partial charge < -0.3 is 4.74 Å². The molecule has 4 nitrogen and oxygen atoms in total. The van der Waals surface area contributed by atoms with E-state index in [0.29, 0.717) is 30.7 Å². The van der Waals surface area contributed by atoms with Crippen molar-refractivity contribution in [3.8, 4) is 0 Å². The van der Waals surface area contributed by atoms with E-state index < -0.39 is 0 Å². The van der Waals surface area contributed by atoms with Crippen molar-refractivity contribution in [3.05, 3.63) is 0 Å². The average molecular weight is 566 g/mol. The molecule has 3 N–H and O–H groups in total. The van der Waals surface area contributed by atoms with Gasteiger partial charge in [-0.15, -0.1) is 0 Å². The van der Waals surface area contributed by atoms with Gasteiger partial charge in [-0.05, 0) is 117 Å². The molecule has 0 amide bonds. The molecule has 41 heavy (non-hydrogen) atoms. The van der Waals surface area contributed by atoms with Gasteiger partial charge in [0.25, 0.3) is 0 Å². The summed E-state index contributed by atoms with van der Waals surface area (Å²) in [5, 5.41) is 12.9. The van der Waals surface area contributed by atoms with Crippen LogP contribution in [0.3, 0.4) is 0 Å². The maximum Gasteiger partial charge on any atom is 0.0641 e. The Morgan fingerprint density at radius 3 is 1.51 bits per heavy atom. The first-order valence-electron chi connectivity index (χ1n) is 19.3. The average Bonchev–Trinajstić information content (AvgIpc) is 3.43. The molecular formula is C37H63N3O. The first-order valence-corrected chi connectivity index (χ1v) is 19.3. The van der Waals surface area contributed by atoms with Crippen LogP contribution in [0, 0.1) is 53.3 Å². The zero-order valence-corrected chi connectivity index (χ0v) is 26.3. The minimum absolute atomic E-state index is 0.499. The Bertz CT molecular complexity index is 821. The molecule has 2 aliphatic heterocycles. The summed E-state index contributed by atoms with van der Waals surface area (Å²) in [6.45, 7) is 0. The van der Waals surface area contributed by atoms with Gasteiger partial charge in [0.2, 0.25) is 0 Å². The van der Waals surface area contributed by atoms with E-state index in [1.54, 1.807) is 0 Å². The minimum atomic E-state index is 0.499. The highest BCUT2D eigenvalue weighted by Crippen LogP contribution is 2.58. The lowest BCUT2D eigenvalue weighted by atomic mass is 9.57. The van der Waals surface area contributed by atoms with E-state index in [1.807, 2.05) is 0 Å². The third-order valence-electron chi connectivity index (χ3n) is 14.6. The number of hydrogen-bond acceptors (Lipinski definition) is 4. The van der Waals surface area contributed by atoms with E-state index in [9.17, 15) is 0 Å². The number of nitrogens with one attached hydrogen (secondary N) is 3. The van der Waals surface area contributed by atoms with Gasteiger partial charge in [0.1, 0.15) is 0 Å².